The predicted octanol–water partition coefficient (Wildman–Crippen LogP) is -6.76. The molecule has 0 fully saturated rings. The molecular weight excluding hydrogens is 1130 g/mol. The van der Waals surface area contributed by atoms with Gasteiger partial charge in [-0.2, -0.15) is 0 Å². The summed E-state index contributed by atoms with van der Waals surface area (Å²) in [6, 6.07) is -7.77. The topological polar surface area (TPSA) is 585 Å². The molecule has 0 aliphatic heterocycles. The van der Waals surface area contributed by atoms with E-state index in [9.17, 15) is 77.6 Å². The summed E-state index contributed by atoms with van der Waals surface area (Å²) in [5, 5.41) is 51.5. The highest BCUT2D eigenvalue weighted by Gasteiger charge is 2.37. The minimum Gasteiger partial charge on any atom is -0.481 e. The number of amides is 11. The summed E-state index contributed by atoms with van der Waals surface area (Å²) in [7, 11) is 0. The summed E-state index contributed by atoms with van der Waals surface area (Å²) < 4.78 is 0. The normalized spacial score (nSPS) is 14.5. The number of guanidine groups is 1. The standard InChI is InChI=1S/C53H89N17O16/c1-27(2)21-34(46(79)69-38(26-71)50(83)67-36(24-40(58)73)48(81)64-33(52(85)86)16-9-11-19-55)65-47(80)35(22-29-13-6-5-7-14-29)66-49(82)37(25-41(74)75)68-51(84)42(28(3)4)70-45(78)32(17-12-20-61-53(59)60)63-44(77)31(15-8-10-18-54)62-43(76)30(56)23-39(57)72/h5-7,13-14,27-28,30-38,42,71H,8-12,15-26,54-56H2,1-4H3,(H2,57,72)(H2,58,73)(H,62,76)(H,63,77)(H,64,81)(H,65,80)(H,66,82)(H,67,83)(H,68,84)(H,69,79)(H,70,78)(H,74,75)(H,85,86)(H4,59,60,61)/t30-,31-,32-,33-,34-,35-,36-,37-,38-,42-/m0/s1. The van der Waals surface area contributed by atoms with E-state index in [2.05, 4.69) is 52.8 Å². The lowest BCUT2D eigenvalue weighted by atomic mass is 10.00. The summed E-state index contributed by atoms with van der Waals surface area (Å²) >= 11 is 0. The van der Waals surface area contributed by atoms with Crippen LogP contribution in [-0.4, -0.2) is 185 Å². The maximum Gasteiger partial charge on any atom is 0.326 e. The van der Waals surface area contributed by atoms with Gasteiger partial charge < -0.3 is 103 Å². The quantitative estimate of drug-likeness (QED) is 0.0164. The van der Waals surface area contributed by atoms with Gasteiger partial charge in [0.2, 0.25) is 65.0 Å². The van der Waals surface area contributed by atoms with Crippen LogP contribution in [-0.2, 0) is 68.7 Å². The molecule has 1 rings (SSSR count). The molecule has 0 saturated carbocycles. The van der Waals surface area contributed by atoms with Gasteiger partial charge in [-0.1, -0.05) is 58.0 Å². The number of nitrogens with zero attached hydrogens (tertiary/aromatic N) is 1. The van der Waals surface area contributed by atoms with Crippen molar-refractivity contribution in [1.29, 1.82) is 0 Å². The Kier molecular flexibility index (Phi) is 35.0. The highest BCUT2D eigenvalue weighted by Crippen LogP contribution is 2.13. The summed E-state index contributed by atoms with van der Waals surface area (Å²) in [4.78, 5) is 176. The van der Waals surface area contributed by atoms with Crippen LogP contribution in [0.25, 0.3) is 0 Å². The van der Waals surface area contributed by atoms with Gasteiger partial charge in [0, 0.05) is 13.0 Å². The molecule has 33 nitrogen and oxygen atoms in total. The van der Waals surface area contributed by atoms with Crippen molar-refractivity contribution < 1.29 is 77.6 Å². The van der Waals surface area contributed by atoms with Gasteiger partial charge in [0.1, 0.15) is 54.4 Å². The van der Waals surface area contributed by atoms with Crippen LogP contribution < -0.4 is 88.0 Å². The number of nitrogens with one attached hydrogen (secondary N) is 9. The number of aliphatic hydroxyl groups is 1. The molecule has 86 heavy (non-hydrogen) atoms. The molecule has 0 saturated heterocycles. The Morgan fingerprint density at radius 2 is 0.895 bits per heavy atom. The molecule has 0 spiro atoms. The van der Waals surface area contributed by atoms with Crippen molar-refractivity contribution in [3.8, 4) is 0 Å². The van der Waals surface area contributed by atoms with Crippen molar-refractivity contribution >= 4 is 82.9 Å². The van der Waals surface area contributed by atoms with Crippen LogP contribution in [0, 0.1) is 11.8 Å². The molecule has 0 aliphatic carbocycles. The highest BCUT2D eigenvalue weighted by atomic mass is 16.4. The Morgan fingerprint density at radius 3 is 1.40 bits per heavy atom. The van der Waals surface area contributed by atoms with Crippen LogP contribution in [0.4, 0.5) is 0 Å². The monoisotopic (exact) mass is 1220 g/mol. The molecule has 0 bridgehead atoms. The van der Waals surface area contributed by atoms with Gasteiger partial charge in [-0.15, -0.1) is 0 Å². The second-order valence-corrected chi connectivity index (χ2v) is 21.1. The zero-order valence-corrected chi connectivity index (χ0v) is 49.0. The Balaban J connectivity index is 3.59. The molecule has 0 unspecified atom stereocenters. The van der Waals surface area contributed by atoms with Crippen LogP contribution in [0.1, 0.15) is 110 Å². The van der Waals surface area contributed by atoms with E-state index in [0.29, 0.717) is 31.2 Å². The molecule has 1 aromatic rings. The molecule has 482 valence electrons. The molecule has 1 aromatic carbocycles. The van der Waals surface area contributed by atoms with Crippen molar-refractivity contribution in [2.24, 2.45) is 57.0 Å². The first-order chi connectivity index (χ1) is 40.4. The second kappa shape index (κ2) is 39.9. The third-order valence-electron chi connectivity index (χ3n) is 12.8. The molecule has 0 heterocycles. The lowest BCUT2D eigenvalue weighted by molar-refractivity contribution is -0.143. The second-order valence-electron chi connectivity index (χ2n) is 21.1. The van der Waals surface area contributed by atoms with Gasteiger partial charge in [-0.3, -0.25) is 62.5 Å². The summed E-state index contributed by atoms with van der Waals surface area (Å²) in [5.74, 6) is -15.8. The van der Waals surface area contributed by atoms with E-state index in [1.54, 1.807) is 44.2 Å². The fraction of sp³-hybridized carbons (Fsp3) is 0.623. The first kappa shape index (κ1) is 75.5. The number of carbonyl (C=O) groups excluding carboxylic acids is 11. The van der Waals surface area contributed by atoms with Crippen molar-refractivity contribution in [2.75, 3.05) is 26.2 Å². The van der Waals surface area contributed by atoms with E-state index >= 15 is 0 Å². The van der Waals surface area contributed by atoms with Gasteiger partial charge in [0.25, 0.3) is 0 Å². The number of primary amides is 2. The number of aliphatic carboxylic acids is 2. The average Bonchev–Trinajstić information content (AvgIpc) is 3.27. The molecule has 26 N–H and O–H groups in total. The number of rotatable bonds is 43. The lowest BCUT2D eigenvalue weighted by Crippen LogP contribution is -2.62. The smallest absolute Gasteiger partial charge is 0.326 e. The summed E-state index contributed by atoms with van der Waals surface area (Å²) in [6.07, 6.45) is -1.44. The van der Waals surface area contributed by atoms with Crippen molar-refractivity contribution in [2.45, 2.75) is 172 Å². The fourth-order valence-electron chi connectivity index (χ4n) is 8.31. The van der Waals surface area contributed by atoms with Crippen LogP contribution in [0.5, 0.6) is 0 Å². The maximum atomic E-state index is 14.4. The summed E-state index contributed by atoms with van der Waals surface area (Å²) in [6.45, 7) is 5.73. The minimum atomic E-state index is -1.94. The lowest BCUT2D eigenvalue weighted by Gasteiger charge is -2.29. The van der Waals surface area contributed by atoms with Crippen LogP contribution in [0.3, 0.4) is 0 Å². The molecule has 0 aliphatic rings. The van der Waals surface area contributed by atoms with Gasteiger partial charge in [0.15, 0.2) is 5.96 Å². The Morgan fingerprint density at radius 1 is 0.477 bits per heavy atom. The third-order valence-corrected chi connectivity index (χ3v) is 12.8. The number of unbranched alkanes of at least 4 members (excludes halogenated alkanes) is 2. The highest BCUT2D eigenvalue weighted by molar-refractivity contribution is 6.00. The number of aliphatic imine (C=N–C) groups is 1. The number of hydrogen-bond acceptors (Lipinski definition) is 18. The van der Waals surface area contributed by atoms with Crippen LogP contribution in [0.2, 0.25) is 0 Å². The van der Waals surface area contributed by atoms with E-state index in [-0.39, 0.29) is 70.0 Å². The van der Waals surface area contributed by atoms with E-state index < -0.39 is 169 Å². The first-order valence-electron chi connectivity index (χ1n) is 28.0. The third kappa shape index (κ3) is 29.8. The number of nitrogens with two attached hydrogens (primary N) is 7. The van der Waals surface area contributed by atoms with Gasteiger partial charge in [-0.25, -0.2) is 4.79 Å². The van der Waals surface area contributed by atoms with Crippen molar-refractivity contribution in [3.63, 3.8) is 0 Å². The molecule has 10 atom stereocenters. The van der Waals surface area contributed by atoms with Crippen molar-refractivity contribution in [1.82, 2.24) is 47.9 Å². The molecule has 0 radical (unpaired) electrons. The zero-order valence-electron chi connectivity index (χ0n) is 49.0. The first-order valence-corrected chi connectivity index (χ1v) is 28.0. The fourth-order valence-corrected chi connectivity index (χ4v) is 8.31. The molecule has 11 amide bonds. The van der Waals surface area contributed by atoms with E-state index in [1.165, 1.54) is 13.8 Å². The maximum absolute atomic E-state index is 14.4. The van der Waals surface area contributed by atoms with E-state index in [0.717, 1.165) is 0 Å². The SMILES string of the molecule is CC(C)C[C@H](NC(=O)[C@H](Cc1ccccc1)NC(=O)[C@H](CC(=O)O)NC(=O)[C@@H](NC(=O)[C@H](CCCN=C(N)N)NC(=O)[C@H](CCCCN)NC(=O)[C@@H](N)CC(N)=O)C(C)C)C(=O)N[C@@H](CO)C(=O)N[C@@H](CC(N)=O)C(=O)N[C@@H](CCCCN)C(=O)O. The van der Waals surface area contributed by atoms with Crippen molar-refractivity contribution in [3.05, 3.63) is 35.9 Å². The Hall–Kier alpha value is -8.56. The number of hydrogen-bond donors (Lipinski definition) is 19. The van der Waals surface area contributed by atoms with E-state index in [1.807, 2.05) is 0 Å². The van der Waals surface area contributed by atoms with Gasteiger partial charge in [-0.05, 0) is 88.3 Å². The Bertz CT molecular complexity index is 2480. The minimum absolute atomic E-state index is 0.0146. The van der Waals surface area contributed by atoms with E-state index in [4.69, 9.17) is 40.1 Å². The zero-order chi connectivity index (χ0) is 65.2. The summed E-state index contributed by atoms with van der Waals surface area (Å²) in [5.41, 5.74) is 38.8. The average molecular weight is 1220 g/mol. The number of carbonyl (C=O) groups is 13. The largest absolute Gasteiger partial charge is 0.481 e. The van der Waals surface area contributed by atoms with Gasteiger partial charge in [0.05, 0.1) is 31.9 Å². The van der Waals surface area contributed by atoms with Gasteiger partial charge >= 0.3 is 11.9 Å². The number of benzene rings is 1. The molecule has 33 heteroatoms. The molecular formula is C53H89N17O16. The number of aliphatic hydroxyl groups excluding tert-OH is 1. The number of carboxylic acid groups (broad SMARTS) is 2. The predicted molar refractivity (Wildman–Crippen MR) is 310 cm³/mol. The Labute approximate surface area is 497 Å². The van der Waals surface area contributed by atoms with Crippen LogP contribution >= 0.6 is 0 Å². The number of carboxylic acids is 2. The molecule has 0 aromatic heterocycles. The van der Waals surface area contributed by atoms with Crippen LogP contribution in [0.15, 0.2) is 35.3 Å².